The second kappa shape index (κ2) is 11.9. The molecular formula is C27H37NO2. The Balaban J connectivity index is 1.49. The van der Waals surface area contributed by atoms with E-state index in [1.165, 1.54) is 56.9 Å². The zero-order valence-corrected chi connectivity index (χ0v) is 18.7. The number of benzene rings is 1. The van der Waals surface area contributed by atoms with E-state index in [-0.39, 0.29) is 11.9 Å². The maximum Gasteiger partial charge on any atom is 0.314 e. The standard InChI is InChI=1S/C27H37NO2/c1-3-5-7-9-22-12-19-26(28-20-22)23-15-17-25(18-16-23)30-27(29)24-13-10-21(11-14-24)8-6-4-2/h12,15-21,24H,3-11,13-14H2,1-2H3. The Morgan fingerprint density at radius 2 is 1.67 bits per heavy atom. The van der Waals surface area contributed by atoms with Crippen LogP contribution in [0.2, 0.25) is 0 Å². The second-order valence-corrected chi connectivity index (χ2v) is 8.81. The largest absolute Gasteiger partial charge is 0.426 e. The summed E-state index contributed by atoms with van der Waals surface area (Å²) in [6.45, 7) is 4.47. The molecule has 0 atom stereocenters. The van der Waals surface area contributed by atoms with E-state index >= 15 is 0 Å². The number of carbonyl (C=O) groups is 1. The molecule has 0 radical (unpaired) electrons. The van der Waals surface area contributed by atoms with Gasteiger partial charge in [0.15, 0.2) is 0 Å². The van der Waals surface area contributed by atoms with E-state index < -0.39 is 0 Å². The molecule has 1 heterocycles. The van der Waals surface area contributed by atoms with Gasteiger partial charge in [-0.15, -0.1) is 0 Å². The second-order valence-electron chi connectivity index (χ2n) is 8.81. The number of pyridine rings is 1. The Labute approximate surface area is 182 Å². The van der Waals surface area contributed by atoms with E-state index in [0.717, 1.165) is 36.4 Å². The van der Waals surface area contributed by atoms with Crippen LogP contribution in [-0.4, -0.2) is 11.0 Å². The van der Waals surface area contributed by atoms with E-state index in [0.29, 0.717) is 5.75 Å². The van der Waals surface area contributed by atoms with Crippen LogP contribution in [0.5, 0.6) is 5.75 Å². The van der Waals surface area contributed by atoms with Crippen molar-refractivity contribution in [2.75, 3.05) is 0 Å². The summed E-state index contributed by atoms with van der Waals surface area (Å²) < 4.78 is 5.68. The van der Waals surface area contributed by atoms with Crippen LogP contribution in [0.25, 0.3) is 11.3 Å². The number of hydrogen-bond acceptors (Lipinski definition) is 3. The van der Waals surface area contributed by atoms with Crippen LogP contribution in [0.4, 0.5) is 0 Å². The molecule has 162 valence electrons. The van der Waals surface area contributed by atoms with Crippen LogP contribution in [0, 0.1) is 11.8 Å². The number of unbranched alkanes of at least 4 members (excludes halogenated alkanes) is 3. The number of hydrogen-bond donors (Lipinski definition) is 0. The lowest BCUT2D eigenvalue weighted by molar-refractivity contribution is -0.140. The van der Waals surface area contributed by atoms with Crippen molar-refractivity contribution in [3.05, 3.63) is 48.2 Å². The van der Waals surface area contributed by atoms with Gasteiger partial charge in [0.25, 0.3) is 0 Å². The van der Waals surface area contributed by atoms with Crippen molar-refractivity contribution < 1.29 is 9.53 Å². The number of ether oxygens (including phenoxy) is 1. The van der Waals surface area contributed by atoms with Gasteiger partial charge < -0.3 is 4.74 Å². The van der Waals surface area contributed by atoms with Crippen LogP contribution < -0.4 is 4.74 Å². The van der Waals surface area contributed by atoms with Crippen molar-refractivity contribution in [2.24, 2.45) is 11.8 Å². The lowest BCUT2D eigenvalue weighted by atomic mass is 9.80. The summed E-state index contributed by atoms with van der Waals surface area (Å²) in [5, 5.41) is 0. The fourth-order valence-electron chi connectivity index (χ4n) is 4.40. The first-order chi connectivity index (χ1) is 14.7. The van der Waals surface area contributed by atoms with Gasteiger partial charge in [0.1, 0.15) is 5.75 Å². The van der Waals surface area contributed by atoms with E-state index in [4.69, 9.17) is 4.74 Å². The van der Waals surface area contributed by atoms with Gasteiger partial charge in [0.2, 0.25) is 0 Å². The Morgan fingerprint density at radius 1 is 0.933 bits per heavy atom. The third-order valence-electron chi connectivity index (χ3n) is 6.41. The Hall–Kier alpha value is -2.16. The molecule has 1 aliphatic rings. The summed E-state index contributed by atoms with van der Waals surface area (Å²) in [6, 6.07) is 12.0. The molecule has 2 aromatic rings. The van der Waals surface area contributed by atoms with Gasteiger partial charge in [0, 0.05) is 11.8 Å². The molecule has 0 amide bonds. The Bertz CT molecular complexity index is 758. The van der Waals surface area contributed by atoms with Crippen molar-refractivity contribution >= 4 is 5.97 Å². The molecule has 3 nitrogen and oxygen atoms in total. The minimum Gasteiger partial charge on any atom is -0.426 e. The Kier molecular flexibility index (Phi) is 8.92. The van der Waals surface area contributed by atoms with Crippen LogP contribution in [0.15, 0.2) is 42.6 Å². The van der Waals surface area contributed by atoms with Gasteiger partial charge in [-0.25, -0.2) is 0 Å². The molecule has 0 N–H and O–H groups in total. The predicted octanol–water partition coefficient (Wildman–Crippen LogP) is 7.38. The normalized spacial score (nSPS) is 18.9. The molecule has 3 heteroatoms. The average Bonchev–Trinajstić information content (AvgIpc) is 2.79. The number of nitrogens with zero attached hydrogens (tertiary/aromatic N) is 1. The fourth-order valence-corrected chi connectivity index (χ4v) is 4.40. The van der Waals surface area contributed by atoms with Crippen LogP contribution in [-0.2, 0) is 11.2 Å². The summed E-state index contributed by atoms with van der Waals surface area (Å²) in [7, 11) is 0. The molecule has 0 aliphatic heterocycles. The lowest BCUT2D eigenvalue weighted by Gasteiger charge is -2.27. The van der Waals surface area contributed by atoms with Gasteiger partial charge in [-0.2, -0.15) is 0 Å². The highest BCUT2D eigenvalue weighted by Crippen LogP contribution is 2.33. The van der Waals surface area contributed by atoms with Crippen molar-refractivity contribution in [1.82, 2.24) is 4.98 Å². The van der Waals surface area contributed by atoms with E-state index in [1.807, 2.05) is 30.5 Å². The van der Waals surface area contributed by atoms with Gasteiger partial charge in [0.05, 0.1) is 11.6 Å². The van der Waals surface area contributed by atoms with Crippen LogP contribution >= 0.6 is 0 Å². The van der Waals surface area contributed by atoms with Gasteiger partial charge in [-0.3, -0.25) is 9.78 Å². The molecule has 0 saturated heterocycles. The molecular weight excluding hydrogens is 370 g/mol. The number of carbonyl (C=O) groups excluding carboxylic acids is 1. The zero-order valence-electron chi connectivity index (χ0n) is 18.7. The highest BCUT2D eigenvalue weighted by Gasteiger charge is 2.27. The van der Waals surface area contributed by atoms with Crippen LogP contribution in [0.1, 0.15) is 83.6 Å². The summed E-state index contributed by atoms with van der Waals surface area (Å²) in [6.07, 6.45) is 15.0. The highest BCUT2D eigenvalue weighted by molar-refractivity contribution is 5.75. The fraction of sp³-hybridized carbons (Fsp3) is 0.556. The molecule has 1 aliphatic carbocycles. The smallest absolute Gasteiger partial charge is 0.314 e. The van der Waals surface area contributed by atoms with E-state index in [1.54, 1.807) is 0 Å². The highest BCUT2D eigenvalue weighted by atomic mass is 16.5. The molecule has 1 aromatic heterocycles. The first kappa shape index (κ1) is 22.5. The monoisotopic (exact) mass is 407 g/mol. The predicted molar refractivity (Wildman–Crippen MR) is 124 cm³/mol. The average molecular weight is 408 g/mol. The topological polar surface area (TPSA) is 39.2 Å². The maximum atomic E-state index is 12.6. The molecule has 30 heavy (non-hydrogen) atoms. The van der Waals surface area contributed by atoms with Crippen molar-refractivity contribution in [2.45, 2.75) is 84.5 Å². The van der Waals surface area contributed by atoms with E-state index in [9.17, 15) is 4.79 Å². The molecule has 1 aromatic carbocycles. The molecule has 1 saturated carbocycles. The van der Waals surface area contributed by atoms with Crippen molar-refractivity contribution in [3.8, 4) is 17.0 Å². The lowest BCUT2D eigenvalue weighted by Crippen LogP contribution is -2.25. The zero-order chi connectivity index (χ0) is 21.2. The minimum atomic E-state index is -0.0637. The number of aryl methyl sites for hydroxylation is 1. The first-order valence-electron chi connectivity index (χ1n) is 12.0. The maximum absolute atomic E-state index is 12.6. The molecule has 0 spiro atoms. The quantitative estimate of drug-likeness (QED) is 0.234. The van der Waals surface area contributed by atoms with E-state index in [2.05, 4.69) is 31.0 Å². The van der Waals surface area contributed by atoms with Crippen molar-refractivity contribution in [1.29, 1.82) is 0 Å². The molecule has 0 unspecified atom stereocenters. The van der Waals surface area contributed by atoms with Crippen molar-refractivity contribution in [3.63, 3.8) is 0 Å². The third-order valence-corrected chi connectivity index (χ3v) is 6.41. The van der Waals surface area contributed by atoms with Gasteiger partial charge in [-0.1, -0.05) is 52.0 Å². The third kappa shape index (κ3) is 6.68. The molecule has 1 fully saturated rings. The SMILES string of the molecule is CCCCCc1ccc(-c2ccc(OC(=O)C3CCC(CCCC)CC3)cc2)nc1. The number of rotatable bonds is 10. The van der Waals surface area contributed by atoms with Crippen LogP contribution in [0.3, 0.4) is 0 Å². The molecule has 0 bridgehead atoms. The number of esters is 1. The molecule has 3 rings (SSSR count). The summed E-state index contributed by atoms with van der Waals surface area (Å²) in [5.41, 5.74) is 3.30. The van der Waals surface area contributed by atoms with Gasteiger partial charge >= 0.3 is 5.97 Å². The number of aromatic nitrogens is 1. The Morgan fingerprint density at radius 3 is 2.30 bits per heavy atom. The first-order valence-corrected chi connectivity index (χ1v) is 12.0. The van der Waals surface area contributed by atoms with Gasteiger partial charge in [-0.05, 0) is 80.3 Å². The summed E-state index contributed by atoms with van der Waals surface area (Å²) in [4.78, 5) is 17.2. The minimum absolute atomic E-state index is 0.0597. The summed E-state index contributed by atoms with van der Waals surface area (Å²) >= 11 is 0. The summed E-state index contributed by atoms with van der Waals surface area (Å²) in [5.74, 6) is 1.43.